The van der Waals surface area contributed by atoms with Crippen LogP contribution in [0.4, 0.5) is 5.13 Å². The first-order chi connectivity index (χ1) is 14.2. The molecule has 2 heterocycles. The molecular weight excluding hydrogens is 426 g/mol. The Morgan fingerprint density at radius 1 is 1.20 bits per heavy atom. The minimum Gasteiger partial charge on any atom is -0.462 e. The zero-order valence-electron chi connectivity index (χ0n) is 17.2. The van der Waals surface area contributed by atoms with E-state index < -0.39 is 16.0 Å². The smallest absolute Gasteiger partial charge is 0.350 e. The number of esters is 1. The van der Waals surface area contributed by atoms with Crippen LogP contribution in [0.2, 0.25) is 0 Å². The zero-order valence-corrected chi connectivity index (χ0v) is 18.8. The van der Waals surface area contributed by atoms with Gasteiger partial charge in [0.05, 0.1) is 17.2 Å². The molecule has 0 saturated carbocycles. The predicted molar refractivity (Wildman–Crippen MR) is 114 cm³/mol. The molecule has 2 aromatic rings. The molecule has 1 N–H and O–H groups in total. The van der Waals surface area contributed by atoms with Crippen LogP contribution in [0, 0.1) is 19.8 Å². The average Bonchev–Trinajstić information content (AvgIpc) is 3.08. The molecule has 1 amide bonds. The van der Waals surface area contributed by atoms with Gasteiger partial charge in [0.2, 0.25) is 15.9 Å². The molecule has 0 bridgehead atoms. The highest BCUT2D eigenvalue weighted by molar-refractivity contribution is 7.89. The van der Waals surface area contributed by atoms with E-state index in [4.69, 9.17) is 4.74 Å². The number of thiazole rings is 1. The summed E-state index contributed by atoms with van der Waals surface area (Å²) in [5.74, 6) is -0.987. The number of hydrogen-bond donors (Lipinski definition) is 1. The van der Waals surface area contributed by atoms with Gasteiger partial charge < -0.3 is 10.1 Å². The van der Waals surface area contributed by atoms with Crippen LogP contribution >= 0.6 is 11.3 Å². The third kappa shape index (κ3) is 4.88. The number of aromatic nitrogens is 1. The molecule has 1 aliphatic rings. The highest BCUT2D eigenvalue weighted by Gasteiger charge is 2.32. The van der Waals surface area contributed by atoms with Crippen LogP contribution in [0.1, 0.15) is 40.7 Å². The molecule has 1 aromatic carbocycles. The molecule has 1 saturated heterocycles. The number of anilines is 1. The fourth-order valence-corrected chi connectivity index (χ4v) is 5.59. The molecule has 0 atom stereocenters. The second-order valence-electron chi connectivity index (χ2n) is 7.13. The summed E-state index contributed by atoms with van der Waals surface area (Å²) in [6.45, 7) is 6.13. The number of hydrogen-bond acceptors (Lipinski definition) is 7. The van der Waals surface area contributed by atoms with Gasteiger partial charge in [0.1, 0.15) is 4.88 Å². The number of nitrogens with one attached hydrogen (secondary N) is 1. The Kier molecular flexibility index (Phi) is 6.89. The molecule has 0 spiro atoms. The van der Waals surface area contributed by atoms with E-state index in [-0.39, 0.29) is 36.4 Å². The van der Waals surface area contributed by atoms with Crippen molar-refractivity contribution in [2.75, 3.05) is 25.0 Å². The van der Waals surface area contributed by atoms with Crippen molar-refractivity contribution in [1.82, 2.24) is 9.29 Å². The van der Waals surface area contributed by atoms with Crippen LogP contribution in [0.15, 0.2) is 29.2 Å². The van der Waals surface area contributed by atoms with Crippen LogP contribution in [0.5, 0.6) is 0 Å². The first kappa shape index (κ1) is 22.4. The number of sulfonamides is 1. The third-order valence-electron chi connectivity index (χ3n) is 4.97. The van der Waals surface area contributed by atoms with Crippen molar-refractivity contribution in [2.24, 2.45) is 5.92 Å². The second-order valence-corrected chi connectivity index (χ2v) is 10.1. The van der Waals surface area contributed by atoms with Gasteiger partial charge in [-0.25, -0.2) is 18.2 Å². The van der Waals surface area contributed by atoms with Gasteiger partial charge in [0, 0.05) is 19.0 Å². The predicted octanol–water partition coefficient (Wildman–Crippen LogP) is 2.98. The van der Waals surface area contributed by atoms with E-state index in [0.717, 1.165) is 16.9 Å². The van der Waals surface area contributed by atoms with Crippen molar-refractivity contribution in [2.45, 2.75) is 38.5 Å². The molecule has 0 unspecified atom stereocenters. The van der Waals surface area contributed by atoms with E-state index in [0.29, 0.717) is 28.5 Å². The lowest BCUT2D eigenvalue weighted by Gasteiger charge is -2.30. The standard InChI is InChI=1S/C20H25N3O5S2/c1-4-28-19(25)17-14(3)21-20(29-17)22-18(24)15-9-11-23(12-10-15)30(26,27)16-7-5-13(2)6-8-16/h5-8,15H,4,9-12H2,1-3H3,(H,21,22,24). The number of benzene rings is 1. The van der Waals surface area contributed by atoms with E-state index in [1.165, 1.54) is 4.31 Å². The van der Waals surface area contributed by atoms with E-state index in [2.05, 4.69) is 10.3 Å². The van der Waals surface area contributed by atoms with Gasteiger partial charge in [-0.3, -0.25) is 4.79 Å². The Morgan fingerprint density at radius 2 is 1.83 bits per heavy atom. The summed E-state index contributed by atoms with van der Waals surface area (Å²) in [4.78, 5) is 29.4. The fourth-order valence-electron chi connectivity index (χ4n) is 3.26. The minimum atomic E-state index is -3.56. The monoisotopic (exact) mass is 451 g/mol. The van der Waals surface area contributed by atoms with E-state index in [1.807, 2.05) is 6.92 Å². The number of amides is 1. The van der Waals surface area contributed by atoms with Gasteiger partial charge in [0.25, 0.3) is 0 Å². The average molecular weight is 452 g/mol. The van der Waals surface area contributed by atoms with Gasteiger partial charge >= 0.3 is 5.97 Å². The zero-order chi connectivity index (χ0) is 21.9. The van der Waals surface area contributed by atoms with Crippen molar-refractivity contribution in [3.05, 3.63) is 40.4 Å². The van der Waals surface area contributed by atoms with E-state index in [9.17, 15) is 18.0 Å². The first-order valence-electron chi connectivity index (χ1n) is 9.74. The van der Waals surface area contributed by atoms with Crippen molar-refractivity contribution < 1.29 is 22.7 Å². The topological polar surface area (TPSA) is 106 Å². The van der Waals surface area contributed by atoms with Gasteiger partial charge in [-0.15, -0.1) is 0 Å². The molecular formula is C20H25N3O5S2. The quantitative estimate of drug-likeness (QED) is 0.677. The summed E-state index contributed by atoms with van der Waals surface area (Å²) < 4.78 is 32.0. The first-order valence-corrected chi connectivity index (χ1v) is 12.0. The number of piperidine rings is 1. The lowest BCUT2D eigenvalue weighted by atomic mass is 9.97. The van der Waals surface area contributed by atoms with E-state index in [1.54, 1.807) is 38.1 Å². The lowest BCUT2D eigenvalue weighted by molar-refractivity contribution is -0.120. The maximum absolute atomic E-state index is 12.8. The number of aryl methyl sites for hydroxylation is 2. The van der Waals surface area contributed by atoms with E-state index >= 15 is 0 Å². The normalized spacial score (nSPS) is 15.7. The SMILES string of the molecule is CCOC(=O)c1sc(NC(=O)C2CCN(S(=O)(=O)c3ccc(C)cc3)CC2)nc1C. The maximum atomic E-state index is 12.8. The van der Waals surface area contributed by atoms with Crippen molar-refractivity contribution in [1.29, 1.82) is 0 Å². The highest BCUT2D eigenvalue weighted by atomic mass is 32.2. The van der Waals surface area contributed by atoms with Gasteiger partial charge in [-0.1, -0.05) is 29.0 Å². The summed E-state index contributed by atoms with van der Waals surface area (Å²) in [5, 5.41) is 3.10. The molecule has 0 aliphatic carbocycles. The second kappa shape index (κ2) is 9.23. The molecule has 1 fully saturated rings. The summed E-state index contributed by atoms with van der Waals surface area (Å²) in [7, 11) is -3.56. The highest BCUT2D eigenvalue weighted by Crippen LogP contribution is 2.27. The number of carbonyl (C=O) groups is 2. The number of nitrogens with zero attached hydrogens (tertiary/aromatic N) is 2. The molecule has 30 heavy (non-hydrogen) atoms. The Bertz CT molecular complexity index is 1020. The molecule has 162 valence electrons. The Morgan fingerprint density at radius 3 is 2.43 bits per heavy atom. The van der Waals surface area contributed by atoms with Crippen LogP contribution < -0.4 is 5.32 Å². The number of ether oxygens (including phenoxy) is 1. The lowest BCUT2D eigenvalue weighted by Crippen LogP contribution is -2.41. The molecule has 1 aromatic heterocycles. The largest absolute Gasteiger partial charge is 0.462 e. The van der Waals surface area contributed by atoms with Crippen LogP contribution in [0.25, 0.3) is 0 Å². The Labute approximate surface area is 180 Å². The van der Waals surface area contributed by atoms with Crippen LogP contribution in [-0.2, 0) is 19.6 Å². The van der Waals surface area contributed by atoms with Crippen LogP contribution in [0.3, 0.4) is 0 Å². The molecule has 1 aliphatic heterocycles. The summed E-state index contributed by atoms with van der Waals surface area (Å²) in [6, 6.07) is 6.76. The van der Waals surface area contributed by atoms with Gasteiger partial charge in [-0.05, 0) is 45.7 Å². The van der Waals surface area contributed by atoms with Crippen molar-refractivity contribution in [3.63, 3.8) is 0 Å². The summed E-state index contributed by atoms with van der Waals surface area (Å²) >= 11 is 1.08. The van der Waals surface area contributed by atoms with Gasteiger partial charge in [-0.2, -0.15) is 4.31 Å². The Hall–Kier alpha value is -2.30. The molecule has 0 radical (unpaired) electrons. The van der Waals surface area contributed by atoms with Crippen molar-refractivity contribution >= 4 is 38.4 Å². The van der Waals surface area contributed by atoms with Gasteiger partial charge in [0.15, 0.2) is 5.13 Å². The molecule has 3 rings (SSSR count). The Balaban J connectivity index is 1.60. The third-order valence-corrected chi connectivity index (χ3v) is 7.94. The van der Waals surface area contributed by atoms with Crippen molar-refractivity contribution in [3.8, 4) is 0 Å². The minimum absolute atomic E-state index is 0.216. The summed E-state index contributed by atoms with van der Waals surface area (Å²) in [6.07, 6.45) is 0.845. The number of carbonyl (C=O) groups excluding carboxylic acids is 2. The molecule has 10 heteroatoms. The fraction of sp³-hybridized carbons (Fsp3) is 0.450. The molecule has 8 nitrogen and oxygen atoms in total. The summed E-state index contributed by atoms with van der Waals surface area (Å²) in [5.41, 5.74) is 1.50. The number of rotatable bonds is 6. The van der Waals surface area contributed by atoms with Crippen LogP contribution in [-0.4, -0.2) is 49.3 Å². The maximum Gasteiger partial charge on any atom is 0.350 e.